The summed E-state index contributed by atoms with van der Waals surface area (Å²) in [5.74, 6) is 2.15. The van der Waals surface area contributed by atoms with E-state index in [1.54, 1.807) is 0 Å². The van der Waals surface area contributed by atoms with Gasteiger partial charge >= 0.3 is 0 Å². The predicted molar refractivity (Wildman–Crippen MR) is 78.7 cm³/mol. The summed E-state index contributed by atoms with van der Waals surface area (Å²) in [5.41, 5.74) is 3.04. The molecule has 0 bridgehead atoms. The van der Waals surface area contributed by atoms with Gasteiger partial charge in [0.1, 0.15) is 5.82 Å². The number of aromatic nitrogens is 2. The summed E-state index contributed by atoms with van der Waals surface area (Å²) in [6.45, 7) is 6.85. The van der Waals surface area contributed by atoms with Crippen molar-refractivity contribution in [3.05, 3.63) is 17.2 Å². The highest BCUT2D eigenvalue weighted by atomic mass is 15.1. The maximum absolute atomic E-state index is 5.13. The fourth-order valence-corrected chi connectivity index (χ4v) is 3.62. The van der Waals surface area contributed by atoms with E-state index in [4.69, 9.17) is 4.98 Å². The van der Waals surface area contributed by atoms with Crippen molar-refractivity contribution >= 4 is 0 Å². The van der Waals surface area contributed by atoms with Crippen LogP contribution >= 0.6 is 0 Å². The topological polar surface area (TPSA) is 29.9 Å². The molecule has 1 aliphatic heterocycles. The van der Waals surface area contributed by atoms with Crippen LogP contribution in [0.2, 0.25) is 0 Å². The Hall–Kier alpha value is -0.830. The number of likely N-dealkylation sites (N-methyl/N-ethyl adjacent to an activating group) is 1. The third-order valence-electron chi connectivity index (χ3n) is 4.88. The van der Waals surface area contributed by atoms with Crippen molar-refractivity contribution in [2.75, 3.05) is 13.6 Å². The lowest BCUT2D eigenvalue weighted by molar-refractivity contribution is 0.376. The molecular weight excluding hydrogens is 234 g/mol. The highest BCUT2D eigenvalue weighted by Gasteiger charge is 2.34. The molecule has 3 nitrogen and oxygen atoms in total. The summed E-state index contributed by atoms with van der Waals surface area (Å²) in [5, 5.41) is 3.33. The van der Waals surface area contributed by atoms with E-state index in [1.165, 1.54) is 62.3 Å². The van der Waals surface area contributed by atoms with Crippen molar-refractivity contribution in [1.82, 2.24) is 14.9 Å². The number of nitrogens with one attached hydrogen (secondary N) is 1. The number of imidazole rings is 1. The largest absolute Gasteiger partial charge is 0.332 e. The average molecular weight is 261 g/mol. The van der Waals surface area contributed by atoms with Gasteiger partial charge in [0.15, 0.2) is 0 Å². The lowest BCUT2D eigenvalue weighted by Gasteiger charge is -2.27. The molecule has 2 heterocycles. The van der Waals surface area contributed by atoms with Crippen molar-refractivity contribution in [1.29, 1.82) is 0 Å². The Kier molecular flexibility index (Phi) is 3.42. The Morgan fingerprint density at radius 3 is 2.68 bits per heavy atom. The standard InChI is InChI=1S/C16H27N3/c1-16(2,11-17-3)14-13-9-4-5-10-19(13)15(18-14)12-7-6-8-12/h12,17H,4-11H2,1-3H3. The molecule has 0 radical (unpaired) electrons. The molecule has 3 heteroatoms. The monoisotopic (exact) mass is 261 g/mol. The van der Waals surface area contributed by atoms with Crippen LogP contribution in [-0.4, -0.2) is 23.1 Å². The normalized spacial score (nSPS) is 20.2. The van der Waals surface area contributed by atoms with Crippen LogP contribution in [0.4, 0.5) is 0 Å². The molecule has 0 atom stereocenters. The summed E-state index contributed by atoms with van der Waals surface area (Å²) in [6.07, 6.45) is 7.97. The molecule has 0 saturated heterocycles. The molecule has 1 fully saturated rings. The minimum absolute atomic E-state index is 0.144. The zero-order chi connectivity index (χ0) is 13.5. The lowest BCUT2D eigenvalue weighted by Crippen LogP contribution is -2.32. The fourth-order valence-electron chi connectivity index (χ4n) is 3.62. The molecule has 3 rings (SSSR count). The first kappa shape index (κ1) is 13.2. The van der Waals surface area contributed by atoms with Crippen molar-refractivity contribution in [3.8, 4) is 0 Å². The fraction of sp³-hybridized carbons (Fsp3) is 0.812. The van der Waals surface area contributed by atoms with Gasteiger partial charge in [0.05, 0.1) is 5.69 Å². The summed E-state index contributed by atoms with van der Waals surface area (Å²) < 4.78 is 2.57. The molecule has 1 saturated carbocycles. The maximum atomic E-state index is 5.13. The van der Waals surface area contributed by atoms with Crippen molar-refractivity contribution < 1.29 is 0 Å². The lowest BCUT2D eigenvalue weighted by atomic mass is 9.84. The highest BCUT2D eigenvalue weighted by molar-refractivity contribution is 5.28. The minimum Gasteiger partial charge on any atom is -0.332 e. The van der Waals surface area contributed by atoms with E-state index in [9.17, 15) is 0 Å². The Morgan fingerprint density at radius 2 is 2.05 bits per heavy atom. The molecule has 1 aromatic heterocycles. The molecule has 1 N–H and O–H groups in total. The van der Waals surface area contributed by atoms with Crippen LogP contribution in [-0.2, 0) is 18.4 Å². The average Bonchev–Trinajstić information content (AvgIpc) is 2.68. The number of fused-ring (bicyclic) bond motifs is 1. The summed E-state index contributed by atoms with van der Waals surface area (Å²) in [4.78, 5) is 5.13. The first-order chi connectivity index (χ1) is 9.13. The van der Waals surface area contributed by atoms with E-state index in [1.807, 2.05) is 7.05 Å². The van der Waals surface area contributed by atoms with E-state index in [0.717, 1.165) is 12.5 Å². The van der Waals surface area contributed by atoms with Gasteiger partial charge in [-0.15, -0.1) is 0 Å². The first-order valence-electron chi connectivity index (χ1n) is 7.88. The van der Waals surface area contributed by atoms with Crippen LogP contribution < -0.4 is 5.32 Å². The second-order valence-corrected chi connectivity index (χ2v) is 6.92. The smallest absolute Gasteiger partial charge is 0.112 e. The van der Waals surface area contributed by atoms with Crippen molar-refractivity contribution in [2.45, 2.75) is 70.3 Å². The van der Waals surface area contributed by atoms with Gasteiger partial charge in [-0.25, -0.2) is 4.98 Å². The van der Waals surface area contributed by atoms with Gasteiger partial charge in [-0.2, -0.15) is 0 Å². The SMILES string of the molecule is CNCC(C)(C)c1nc(C2CCC2)n2c1CCCC2. The van der Waals surface area contributed by atoms with Gasteiger partial charge in [0.2, 0.25) is 0 Å². The number of hydrogen-bond donors (Lipinski definition) is 1. The predicted octanol–water partition coefficient (Wildman–Crippen LogP) is 2.98. The van der Waals surface area contributed by atoms with Crippen molar-refractivity contribution in [3.63, 3.8) is 0 Å². The zero-order valence-electron chi connectivity index (χ0n) is 12.6. The Balaban J connectivity index is 2.01. The van der Waals surface area contributed by atoms with Crippen LogP contribution in [0.5, 0.6) is 0 Å². The molecule has 0 amide bonds. The molecule has 19 heavy (non-hydrogen) atoms. The second kappa shape index (κ2) is 4.93. The van der Waals surface area contributed by atoms with Gasteiger partial charge in [0.25, 0.3) is 0 Å². The molecular formula is C16H27N3. The molecule has 2 aliphatic rings. The van der Waals surface area contributed by atoms with Gasteiger partial charge in [-0.05, 0) is 39.2 Å². The summed E-state index contributed by atoms with van der Waals surface area (Å²) in [7, 11) is 2.04. The third kappa shape index (κ3) is 2.22. The van der Waals surface area contributed by atoms with Crippen molar-refractivity contribution in [2.24, 2.45) is 0 Å². The van der Waals surface area contributed by atoms with E-state index >= 15 is 0 Å². The number of hydrogen-bond acceptors (Lipinski definition) is 2. The van der Waals surface area contributed by atoms with Crippen LogP contribution in [0.1, 0.15) is 69.1 Å². The molecule has 0 aromatic carbocycles. The Bertz CT molecular complexity index is 455. The van der Waals surface area contributed by atoms with Gasteiger partial charge in [-0.3, -0.25) is 0 Å². The minimum atomic E-state index is 0.144. The quantitative estimate of drug-likeness (QED) is 0.903. The molecule has 0 unspecified atom stereocenters. The molecule has 1 aliphatic carbocycles. The maximum Gasteiger partial charge on any atom is 0.112 e. The third-order valence-corrected chi connectivity index (χ3v) is 4.88. The van der Waals surface area contributed by atoms with E-state index in [0.29, 0.717) is 0 Å². The number of rotatable bonds is 4. The van der Waals surface area contributed by atoms with Crippen LogP contribution in [0.25, 0.3) is 0 Å². The Morgan fingerprint density at radius 1 is 1.26 bits per heavy atom. The molecule has 1 aromatic rings. The Labute approximate surface area is 116 Å². The van der Waals surface area contributed by atoms with E-state index in [-0.39, 0.29) is 5.41 Å². The second-order valence-electron chi connectivity index (χ2n) is 6.92. The van der Waals surface area contributed by atoms with E-state index in [2.05, 4.69) is 23.7 Å². The van der Waals surface area contributed by atoms with Gasteiger partial charge < -0.3 is 9.88 Å². The summed E-state index contributed by atoms with van der Waals surface area (Å²) >= 11 is 0. The first-order valence-corrected chi connectivity index (χ1v) is 7.88. The summed E-state index contributed by atoms with van der Waals surface area (Å²) in [6, 6.07) is 0. The van der Waals surface area contributed by atoms with Crippen LogP contribution in [0.15, 0.2) is 0 Å². The molecule has 0 spiro atoms. The van der Waals surface area contributed by atoms with E-state index < -0.39 is 0 Å². The van der Waals surface area contributed by atoms with Crippen LogP contribution in [0, 0.1) is 0 Å². The van der Waals surface area contributed by atoms with Gasteiger partial charge in [0, 0.05) is 30.1 Å². The van der Waals surface area contributed by atoms with Crippen LogP contribution in [0.3, 0.4) is 0 Å². The highest BCUT2D eigenvalue weighted by Crippen LogP contribution is 2.39. The number of nitrogens with zero attached hydrogens (tertiary/aromatic N) is 2. The van der Waals surface area contributed by atoms with Gasteiger partial charge in [-0.1, -0.05) is 20.3 Å². The molecule has 106 valence electrons. The zero-order valence-corrected chi connectivity index (χ0v) is 12.6.